The predicted molar refractivity (Wildman–Crippen MR) is 209 cm³/mol. The molecule has 7 aromatic carbocycles. The van der Waals surface area contributed by atoms with Gasteiger partial charge in [0.15, 0.2) is 0 Å². The van der Waals surface area contributed by atoms with Gasteiger partial charge in [-0.1, -0.05) is 108 Å². The van der Waals surface area contributed by atoms with Crippen molar-refractivity contribution in [2.24, 2.45) is 0 Å². The zero-order chi connectivity index (χ0) is 34.8. The largest absolute Gasteiger partial charge is 1.00 e. The van der Waals surface area contributed by atoms with Gasteiger partial charge in [0.2, 0.25) is 0 Å². The summed E-state index contributed by atoms with van der Waals surface area (Å²) in [6, 6.07) is 68.2. The molecule has 1 aliphatic heterocycles. The molecule has 7 aromatic rings. The third-order valence-electron chi connectivity index (χ3n) is 7.12. The molecule has 0 N–H and O–H groups in total. The molecule has 3 nitrogen and oxygen atoms in total. The molecular formula is C46H41Li3O3Si. The average molecular weight is 691 g/mol. The Hall–Kier alpha value is -4.05. The molecule has 1 heterocycles. The van der Waals surface area contributed by atoms with E-state index in [0.717, 1.165) is 23.0 Å². The Kier molecular flexibility index (Phi) is 21.3. The van der Waals surface area contributed by atoms with Crippen LogP contribution in [0, 0.1) is 18.1 Å². The van der Waals surface area contributed by atoms with Crippen LogP contribution in [-0.2, 0) is 0 Å². The van der Waals surface area contributed by atoms with Crippen LogP contribution in [-0.4, -0.2) is 8.80 Å². The van der Waals surface area contributed by atoms with Crippen molar-refractivity contribution < 1.29 is 70.8 Å². The Balaban J connectivity index is 0.000000262. The van der Waals surface area contributed by atoms with E-state index >= 15 is 0 Å². The summed E-state index contributed by atoms with van der Waals surface area (Å²) in [7, 11) is -1.40. The second kappa shape index (κ2) is 25.1. The van der Waals surface area contributed by atoms with E-state index in [-0.39, 0.29) is 56.6 Å². The van der Waals surface area contributed by atoms with E-state index in [4.69, 9.17) is 14.2 Å². The van der Waals surface area contributed by atoms with E-state index in [0.29, 0.717) is 11.5 Å². The van der Waals surface area contributed by atoms with Crippen LogP contribution >= 0.6 is 0 Å². The first-order valence-electron chi connectivity index (χ1n) is 16.6. The fourth-order valence-electron chi connectivity index (χ4n) is 5.03. The number of rotatable bonds is 5. The minimum Gasteiger partial charge on any atom is -0.509 e. The van der Waals surface area contributed by atoms with Crippen molar-refractivity contribution in [1.82, 2.24) is 0 Å². The molecule has 0 atom stereocenters. The Morgan fingerprint density at radius 2 is 0.792 bits per heavy atom. The maximum atomic E-state index is 6.06. The fraction of sp³-hybridized carbons (Fsp3) is 0.0652. The van der Waals surface area contributed by atoms with Gasteiger partial charge >= 0.3 is 56.6 Å². The third-order valence-corrected chi connectivity index (χ3v) is 10.4. The van der Waals surface area contributed by atoms with Crippen molar-refractivity contribution in [2.75, 3.05) is 0 Å². The molecule has 0 saturated heterocycles. The van der Waals surface area contributed by atoms with E-state index in [1.807, 2.05) is 121 Å². The summed E-state index contributed by atoms with van der Waals surface area (Å²) in [6.45, 7) is 6.25. The van der Waals surface area contributed by atoms with Crippen LogP contribution in [0.4, 0.5) is 0 Å². The molecule has 0 bridgehead atoms. The van der Waals surface area contributed by atoms with Gasteiger partial charge in [0.1, 0.15) is 31.8 Å². The van der Waals surface area contributed by atoms with Gasteiger partial charge in [-0.3, -0.25) is 0 Å². The Morgan fingerprint density at radius 3 is 1.19 bits per heavy atom. The molecule has 0 saturated carbocycles. The van der Waals surface area contributed by atoms with Gasteiger partial charge in [-0.15, -0.1) is 24.3 Å². The fourth-order valence-corrected chi connectivity index (χ4v) is 8.17. The van der Waals surface area contributed by atoms with Gasteiger partial charge in [0.25, 0.3) is 0 Å². The van der Waals surface area contributed by atoms with E-state index in [1.165, 1.54) is 21.5 Å². The summed E-state index contributed by atoms with van der Waals surface area (Å²) in [5, 5.41) is 4.19. The first-order valence-corrected chi connectivity index (χ1v) is 18.4. The van der Waals surface area contributed by atoms with Crippen molar-refractivity contribution in [2.45, 2.75) is 20.8 Å². The van der Waals surface area contributed by atoms with E-state index in [9.17, 15) is 0 Å². The topological polar surface area (TPSA) is 27.7 Å². The van der Waals surface area contributed by atoms with Crippen molar-refractivity contribution in [3.63, 3.8) is 0 Å². The zero-order valence-corrected chi connectivity index (χ0v) is 32.9. The van der Waals surface area contributed by atoms with E-state index in [2.05, 4.69) is 99.6 Å². The summed E-state index contributed by atoms with van der Waals surface area (Å²) in [5.41, 5.74) is 0. The number of hydrogen-bond donors (Lipinski definition) is 0. The zero-order valence-electron chi connectivity index (χ0n) is 31.7. The molecule has 8 rings (SSSR count). The number of fused-ring (bicyclic) bond motifs is 2. The number of benzene rings is 7. The summed E-state index contributed by atoms with van der Waals surface area (Å²) in [6.07, 6.45) is 0. The molecule has 0 spiro atoms. The van der Waals surface area contributed by atoms with Crippen molar-refractivity contribution in [3.8, 4) is 34.5 Å². The first kappa shape index (κ1) is 45.1. The van der Waals surface area contributed by atoms with Crippen LogP contribution in [0.15, 0.2) is 188 Å². The van der Waals surface area contributed by atoms with Crippen LogP contribution in [0.3, 0.4) is 0 Å². The maximum absolute atomic E-state index is 6.06. The average Bonchev–Trinajstić information content (AvgIpc) is 3.16. The maximum Gasteiger partial charge on any atom is 1.00 e. The van der Waals surface area contributed by atoms with Crippen molar-refractivity contribution in [1.29, 1.82) is 0 Å². The van der Waals surface area contributed by atoms with Crippen LogP contribution < -0.4 is 86.4 Å². The number of ether oxygens (including phenoxy) is 3. The molecule has 250 valence electrons. The molecule has 7 heteroatoms. The number of hydrogen-bond acceptors (Lipinski definition) is 3. The molecule has 0 unspecified atom stereocenters. The normalized spacial score (nSPS) is 10.3. The Morgan fingerprint density at radius 1 is 0.434 bits per heavy atom. The molecule has 0 aromatic heterocycles. The predicted octanol–water partition coefficient (Wildman–Crippen LogP) is 1.23. The molecule has 0 amide bonds. The summed E-state index contributed by atoms with van der Waals surface area (Å²) < 4.78 is 17.1. The standard InChI is InChI=1S/C18H14OSi.C12H10O.C12H8O.C4H9.3Li/c1-2-8-14(9-3-1)20-17-12-6-4-10-15(17)19-16-11-5-7-13-18(16)20;2*1-3-7-11(8-4-1)13-12-9-5-2-6-10-12;1-4(2)3;;;/h1-13,20H;1-10H;1-7,9H;1-3H3;;;/q;;-2;-1;3*+1. The second-order valence-electron chi connectivity index (χ2n) is 11.8. The second-order valence-corrected chi connectivity index (χ2v) is 14.6. The van der Waals surface area contributed by atoms with Crippen LogP contribution in [0.25, 0.3) is 0 Å². The van der Waals surface area contributed by atoms with E-state index in [1.54, 1.807) is 0 Å². The summed E-state index contributed by atoms with van der Waals surface area (Å²) >= 11 is 0. The minimum absolute atomic E-state index is 0. The quantitative estimate of drug-likeness (QED) is 0.201. The molecule has 0 fully saturated rings. The van der Waals surface area contributed by atoms with Gasteiger partial charge in [-0.25, -0.2) is 0 Å². The Labute approximate surface area is 353 Å². The smallest absolute Gasteiger partial charge is 0.509 e. The monoisotopic (exact) mass is 690 g/mol. The van der Waals surface area contributed by atoms with Gasteiger partial charge in [0, 0.05) is 11.5 Å². The van der Waals surface area contributed by atoms with Crippen LogP contribution in [0.1, 0.15) is 20.8 Å². The van der Waals surface area contributed by atoms with Gasteiger partial charge < -0.3 is 20.1 Å². The van der Waals surface area contributed by atoms with Gasteiger partial charge in [-0.05, 0) is 46.8 Å². The van der Waals surface area contributed by atoms with Gasteiger partial charge in [0.05, 0.1) is 0 Å². The number of para-hydroxylation sites is 6. The molecule has 1 aliphatic rings. The summed E-state index contributed by atoms with van der Waals surface area (Å²) in [5.74, 6) is 6.62. The first-order chi connectivity index (χ1) is 24.6. The van der Waals surface area contributed by atoms with Crippen molar-refractivity contribution >= 4 is 24.4 Å². The van der Waals surface area contributed by atoms with Crippen molar-refractivity contribution in [3.05, 3.63) is 206 Å². The molecule has 0 aliphatic carbocycles. The van der Waals surface area contributed by atoms with Gasteiger partial charge in [-0.2, -0.15) is 57.2 Å². The molecule has 53 heavy (non-hydrogen) atoms. The molecular weight excluding hydrogens is 649 g/mol. The van der Waals surface area contributed by atoms with Crippen LogP contribution in [0.2, 0.25) is 0 Å². The summed E-state index contributed by atoms with van der Waals surface area (Å²) in [4.78, 5) is 0. The van der Waals surface area contributed by atoms with Crippen LogP contribution in [0.5, 0.6) is 34.5 Å². The molecule has 0 radical (unpaired) electrons. The SMILES string of the molecule is C[C-](C)C.[Li+].[Li+].[Li+].[c-]1ccccc1Oc1[c-]cccc1.c1ccc(Oc2ccccc2)cc1.c1ccc([SiH]2c3ccccc3Oc3ccccc32)cc1. The third kappa shape index (κ3) is 15.1. The minimum atomic E-state index is -1.40. The van der Waals surface area contributed by atoms with E-state index < -0.39 is 8.80 Å². The Bertz CT molecular complexity index is 1770.